The van der Waals surface area contributed by atoms with Crippen molar-refractivity contribution in [2.75, 3.05) is 20.2 Å². The van der Waals surface area contributed by atoms with Gasteiger partial charge in [-0.2, -0.15) is 0 Å². The van der Waals surface area contributed by atoms with Gasteiger partial charge in [0.15, 0.2) is 0 Å². The molecule has 0 saturated carbocycles. The van der Waals surface area contributed by atoms with E-state index in [0.29, 0.717) is 18.0 Å². The van der Waals surface area contributed by atoms with E-state index in [1.807, 2.05) is 36.2 Å². The van der Waals surface area contributed by atoms with E-state index in [-0.39, 0.29) is 6.61 Å². The van der Waals surface area contributed by atoms with Crippen LogP contribution in [0, 0.1) is 0 Å². The lowest BCUT2D eigenvalue weighted by atomic mass is 10.1. The minimum absolute atomic E-state index is 0.0704. The first kappa shape index (κ1) is 13.0. The van der Waals surface area contributed by atoms with Crippen molar-refractivity contribution in [2.45, 2.75) is 6.54 Å². The molecule has 0 fully saturated rings. The summed E-state index contributed by atoms with van der Waals surface area (Å²) >= 11 is 1.30. The molecule has 0 radical (unpaired) electrons. The second-order valence-corrected chi connectivity index (χ2v) is 5.22. The molecule has 0 aliphatic carbocycles. The van der Waals surface area contributed by atoms with E-state index in [2.05, 4.69) is 0 Å². The van der Waals surface area contributed by atoms with Gasteiger partial charge in [0.2, 0.25) is 0 Å². The fourth-order valence-electron chi connectivity index (χ4n) is 1.95. The van der Waals surface area contributed by atoms with E-state index in [0.717, 1.165) is 15.6 Å². The third kappa shape index (κ3) is 2.53. The molecule has 4 nitrogen and oxygen atoms in total. The van der Waals surface area contributed by atoms with Crippen molar-refractivity contribution >= 4 is 27.4 Å². The second-order valence-electron chi connectivity index (χ2n) is 4.17. The van der Waals surface area contributed by atoms with Gasteiger partial charge in [-0.3, -0.25) is 4.90 Å². The molecule has 2 N–H and O–H groups in total. The third-order valence-electron chi connectivity index (χ3n) is 2.80. The Morgan fingerprint density at radius 3 is 2.78 bits per heavy atom. The molecule has 0 unspecified atom stereocenters. The molecule has 0 aliphatic rings. The standard InChI is InChI=1S/C13H15NO3S/c1-14(6-7-15)8-10-9-4-2-3-5-11(9)18-12(10)13(16)17/h2-5,15H,6-8H2,1H3,(H,16,17). The zero-order valence-electron chi connectivity index (χ0n) is 10.1. The van der Waals surface area contributed by atoms with Crippen LogP contribution in [0.1, 0.15) is 15.2 Å². The van der Waals surface area contributed by atoms with E-state index in [4.69, 9.17) is 5.11 Å². The molecule has 5 heteroatoms. The normalized spacial score (nSPS) is 11.3. The maximum Gasteiger partial charge on any atom is 0.346 e. The average molecular weight is 265 g/mol. The molecule has 1 aromatic carbocycles. The minimum Gasteiger partial charge on any atom is -0.477 e. The average Bonchev–Trinajstić information content (AvgIpc) is 2.69. The highest BCUT2D eigenvalue weighted by Crippen LogP contribution is 2.32. The van der Waals surface area contributed by atoms with Crippen molar-refractivity contribution < 1.29 is 15.0 Å². The molecule has 2 aromatic rings. The number of benzene rings is 1. The smallest absolute Gasteiger partial charge is 0.346 e. The van der Waals surface area contributed by atoms with E-state index in [9.17, 15) is 9.90 Å². The van der Waals surface area contributed by atoms with Crippen LogP contribution in [0.15, 0.2) is 24.3 Å². The Kier molecular flexibility index (Phi) is 3.96. The number of aromatic carboxylic acids is 1. The third-order valence-corrected chi connectivity index (χ3v) is 4.00. The van der Waals surface area contributed by atoms with E-state index < -0.39 is 5.97 Å². The summed E-state index contributed by atoms with van der Waals surface area (Å²) in [6, 6.07) is 7.70. The number of carboxylic acid groups (broad SMARTS) is 1. The molecule has 1 aromatic heterocycles. The SMILES string of the molecule is CN(CCO)Cc1c(C(=O)O)sc2ccccc12. The van der Waals surface area contributed by atoms with Crippen LogP contribution < -0.4 is 0 Å². The number of hydrogen-bond donors (Lipinski definition) is 2. The van der Waals surface area contributed by atoms with Crippen molar-refractivity contribution in [3.63, 3.8) is 0 Å². The summed E-state index contributed by atoms with van der Waals surface area (Å²) in [5, 5.41) is 19.1. The van der Waals surface area contributed by atoms with Crippen LogP contribution in [0.2, 0.25) is 0 Å². The first-order chi connectivity index (χ1) is 8.63. The van der Waals surface area contributed by atoms with Gasteiger partial charge in [-0.05, 0) is 24.1 Å². The highest BCUT2D eigenvalue weighted by molar-refractivity contribution is 7.21. The van der Waals surface area contributed by atoms with Crippen LogP contribution >= 0.6 is 11.3 Å². The van der Waals surface area contributed by atoms with Gasteiger partial charge in [0.05, 0.1) is 6.61 Å². The maximum atomic E-state index is 11.3. The first-order valence-corrected chi connectivity index (χ1v) is 6.48. The van der Waals surface area contributed by atoms with Crippen molar-refractivity contribution in [3.05, 3.63) is 34.7 Å². The molecule has 0 bridgehead atoms. The predicted octanol–water partition coefficient (Wildman–Crippen LogP) is 2.02. The lowest BCUT2D eigenvalue weighted by Gasteiger charge is -2.15. The number of hydrogen-bond acceptors (Lipinski definition) is 4. The van der Waals surface area contributed by atoms with Gasteiger partial charge in [0.25, 0.3) is 0 Å². The summed E-state index contributed by atoms with van der Waals surface area (Å²) < 4.78 is 0.988. The quantitative estimate of drug-likeness (QED) is 0.868. The van der Waals surface area contributed by atoms with Crippen LogP contribution in [-0.2, 0) is 6.54 Å². The molecular formula is C13H15NO3S. The molecule has 2 rings (SSSR count). The Morgan fingerprint density at radius 2 is 2.11 bits per heavy atom. The Labute approximate surface area is 109 Å². The number of nitrogens with zero attached hydrogens (tertiary/aromatic N) is 1. The summed E-state index contributed by atoms with van der Waals surface area (Å²) in [5.41, 5.74) is 0.832. The largest absolute Gasteiger partial charge is 0.477 e. The first-order valence-electron chi connectivity index (χ1n) is 5.66. The number of rotatable bonds is 5. The molecule has 18 heavy (non-hydrogen) atoms. The van der Waals surface area contributed by atoms with E-state index >= 15 is 0 Å². The molecule has 0 amide bonds. The lowest BCUT2D eigenvalue weighted by Crippen LogP contribution is -2.22. The van der Waals surface area contributed by atoms with E-state index in [1.165, 1.54) is 11.3 Å². The number of aliphatic hydroxyl groups excluding tert-OH is 1. The Balaban J connectivity index is 2.45. The number of likely N-dealkylation sites (N-methyl/N-ethyl adjacent to an activating group) is 1. The Bertz CT molecular complexity index is 564. The molecule has 0 aliphatic heterocycles. The van der Waals surface area contributed by atoms with Crippen molar-refractivity contribution in [2.24, 2.45) is 0 Å². The lowest BCUT2D eigenvalue weighted by molar-refractivity contribution is 0.0700. The van der Waals surface area contributed by atoms with Crippen LogP contribution in [-0.4, -0.2) is 41.3 Å². The zero-order chi connectivity index (χ0) is 13.1. The maximum absolute atomic E-state index is 11.3. The molecular weight excluding hydrogens is 250 g/mol. The van der Waals surface area contributed by atoms with Crippen molar-refractivity contribution in [3.8, 4) is 0 Å². The summed E-state index contributed by atoms with van der Waals surface area (Å²) in [5.74, 6) is -0.886. The van der Waals surface area contributed by atoms with Crippen molar-refractivity contribution in [1.29, 1.82) is 0 Å². The Hall–Kier alpha value is -1.43. The summed E-state index contributed by atoms with van der Waals surface area (Å²) in [4.78, 5) is 13.6. The van der Waals surface area contributed by atoms with Crippen LogP contribution in [0.25, 0.3) is 10.1 Å². The Morgan fingerprint density at radius 1 is 1.39 bits per heavy atom. The highest BCUT2D eigenvalue weighted by Gasteiger charge is 2.18. The van der Waals surface area contributed by atoms with Crippen LogP contribution in [0.3, 0.4) is 0 Å². The van der Waals surface area contributed by atoms with Crippen LogP contribution in [0.4, 0.5) is 0 Å². The highest BCUT2D eigenvalue weighted by atomic mass is 32.1. The monoisotopic (exact) mass is 265 g/mol. The van der Waals surface area contributed by atoms with Crippen LogP contribution in [0.5, 0.6) is 0 Å². The van der Waals surface area contributed by atoms with Gasteiger partial charge in [0, 0.05) is 17.8 Å². The number of thiophene rings is 1. The fourth-order valence-corrected chi connectivity index (χ4v) is 3.00. The number of carboxylic acids is 1. The van der Waals surface area contributed by atoms with Gasteiger partial charge in [-0.15, -0.1) is 11.3 Å². The molecule has 96 valence electrons. The predicted molar refractivity (Wildman–Crippen MR) is 72.2 cm³/mol. The second kappa shape index (κ2) is 5.48. The van der Waals surface area contributed by atoms with Gasteiger partial charge in [-0.1, -0.05) is 18.2 Å². The minimum atomic E-state index is -0.886. The molecule has 0 atom stereocenters. The number of carbonyl (C=O) groups is 1. The van der Waals surface area contributed by atoms with Crippen molar-refractivity contribution in [1.82, 2.24) is 4.90 Å². The summed E-state index contributed by atoms with van der Waals surface area (Å²) in [6.07, 6.45) is 0. The van der Waals surface area contributed by atoms with Gasteiger partial charge < -0.3 is 10.2 Å². The van der Waals surface area contributed by atoms with Gasteiger partial charge in [-0.25, -0.2) is 4.79 Å². The van der Waals surface area contributed by atoms with Gasteiger partial charge >= 0.3 is 5.97 Å². The topological polar surface area (TPSA) is 60.8 Å². The summed E-state index contributed by atoms with van der Waals surface area (Å²) in [6.45, 7) is 1.14. The number of fused-ring (bicyclic) bond motifs is 1. The van der Waals surface area contributed by atoms with E-state index in [1.54, 1.807) is 0 Å². The summed E-state index contributed by atoms with van der Waals surface area (Å²) in [7, 11) is 1.87. The molecule has 0 spiro atoms. The number of aliphatic hydroxyl groups is 1. The molecule has 0 saturated heterocycles. The fraction of sp³-hybridized carbons (Fsp3) is 0.308. The van der Waals surface area contributed by atoms with Gasteiger partial charge in [0.1, 0.15) is 4.88 Å². The molecule has 1 heterocycles. The zero-order valence-corrected chi connectivity index (χ0v) is 10.9.